The minimum Gasteiger partial charge on any atom is -0.351 e. The summed E-state index contributed by atoms with van der Waals surface area (Å²) in [6.07, 6.45) is -1.77. The zero-order valence-corrected chi connectivity index (χ0v) is 20.2. The number of carbonyl (C=O) groups is 1. The summed E-state index contributed by atoms with van der Waals surface area (Å²) in [6.45, 7) is -0.215. The van der Waals surface area contributed by atoms with Gasteiger partial charge in [-0.2, -0.15) is 13.2 Å². The molecule has 5 rings (SSSR count). The van der Waals surface area contributed by atoms with Crippen molar-refractivity contribution in [1.82, 2.24) is 34.4 Å². The summed E-state index contributed by atoms with van der Waals surface area (Å²) in [4.78, 5) is 53.3. The second-order valence-electron chi connectivity index (χ2n) is 8.52. The van der Waals surface area contributed by atoms with Gasteiger partial charge in [0.1, 0.15) is 17.8 Å². The molecular weight excluding hydrogens is 519 g/mol. The molecular formula is C24H20F3N9O3. The molecule has 1 atom stereocenters. The Hall–Kier alpha value is -4.92. The molecule has 39 heavy (non-hydrogen) atoms. The fourth-order valence-corrected chi connectivity index (χ4v) is 3.96. The highest BCUT2D eigenvalue weighted by Crippen LogP contribution is 2.29. The number of nitrogens with zero attached hydrogens (tertiary/aromatic N) is 6. The van der Waals surface area contributed by atoms with Crippen LogP contribution in [-0.4, -0.2) is 41.5 Å². The van der Waals surface area contributed by atoms with Crippen LogP contribution in [0.3, 0.4) is 0 Å². The van der Waals surface area contributed by atoms with E-state index in [4.69, 9.17) is 0 Å². The smallest absolute Gasteiger partial charge is 0.351 e. The Bertz CT molecular complexity index is 1650. The number of rotatable bonds is 7. The molecule has 15 heteroatoms. The van der Waals surface area contributed by atoms with E-state index in [1.54, 1.807) is 30.5 Å². The van der Waals surface area contributed by atoms with Crippen LogP contribution >= 0.6 is 0 Å². The normalized spacial score (nSPS) is 14.2. The van der Waals surface area contributed by atoms with Crippen molar-refractivity contribution in [3.63, 3.8) is 0 Å². The predicted octanol–water partition coefficient (Wildman–Crippen LogP) is 1.51. The average molecular weight is 539 g/mol. The molecule has 0 bridgehead atoms. The first-order valence-corrected chi connectivity index (χ1v) is 11.5. The van der Waals surface area contributed by atoms with Crippen LogP contribution in [0.15, 0.2) is 64.6 Å². The molecule has 0 saturated carbocycles. The number of nitrogens with one attached hydrogen (secondary N) is 3. The van der Waals surface area contributed by atoms with Crippen LogP contribution in [0.5, 0.6) is 0 Å². The van der Waals surface area contributed by atoms with Crippen LogP contribution in [0.1, 0.15) is 23.2 Å². The van der Waals surface area contributed by atoms with Crippen LogP contribution in [-0.2, 0) is 24.6 Å². The first kappa shape index (κ1) is 25.7. The molecule has 1 aliphatic heterocycles. The van der Waals surface area contributed by atoms with Gasteiger partial charge in [0.15, 0.2) is 0 Å². The first-order chi connectivity index (χ1) is 18.6. The summed E-state index contributed by atoms with van der Waals surface area (Å²) in [7, 11) is 1.53. The number of halogens is 3. The predicted molar refractivity (Wildman–Crippen MR) is 133 cm³/mol. The van der Waals surface area contributed by atoms with Crippen molar-refractivity contribution >= 4 is 17.5 Å². The lowest BCUT2D eigenvalue weighted by Crippen LogP contribution is -2.52. The largest absolute Gasteiger partial charge is 0.451 e. The van der Waals surface area contributed by atoms with Gasteiger partial charge in [-0.1, -0.05) is 12.1 Å². The van der Waals surface area contributed by atoms with Gasteiger partial charge in [-0.3, -0.25) is 29.0 Å². The maximum atomic E-state index is 13.1. The molecule has 200 valence electrons. The third-order valence-corrected chi connectivity index (χ3v) is 5.88. The molecule has 0 aromatic carbocycles. The van der Waals surface area contributed by atoms with Gasteiger partial charge >= 0.3 is 11.9 Å². The fourth-order valence-electron chi connectivity index (χ4n) is 3.96. The van der Waals surface area contributed by atoms with E-state index < -0.39 is 35.3 Å². The van der Waals surface area contributed by atoms with E-state index in [1.165, 1.54) is 23.7 Å². The molecule has 12 nitrogen and oxygen atoms in total. The van der Waals surface area contributed by atoms with Crippen LogP contribution in [0.2, 0.25) is 0 Å². The molecule has 0 saturated heterocycles. The highest BCUT2D eigenvalue weighted by molar-refractivity contribution is 5.91. The quantitative estimate of drug-likeness (QED) is 0.318. The lowest BCUT2D eigenvalue weighted by Gasteiger charge is -2.34. The Balaban J connectivity index is 1.25. The minimum atomic E-state index is -4.66. The van der Waals surface area contributed by atoms with Gasteiger partial charge < -0.3 is 10.6 Å². The molecule has 0 radical (unpaired) electrons. The van der Waals surface area contributed by atoms with Crippen LogP contribution in [0, 0.1) is 0 Å². The topological polar surface area (TPSA) is 149 Å². The van der Waals surface area contributed by atoms with Crippen molar-refractivity contribution in [2.45, 2.75) is 18.9 Å². The third kappa shape index (κ3) is 5.24. The minimum absolute atomic E-state index is 0.00118. The molecule has 0 unspecified atom stereocenters. The van der Waals surface area contributed by atoms with Crippen molar-refractivity contribution in [2.75, 3.05) is 17.2 Å². The molecule has 1 amide bonds. The number of hydrogen-bond acceptors (Lipinski definition) is 9. The van der Waals surface area contributed by atoms with Crippen molar-refractivity contribution in [3.05, 3.63) is 92.9 Å². The van der Waals surface area contributed by atoms with E-state index in [0.717, 1.165) is 17.0 Å². The lowest BCUT2D eigenvalue weighted by atomic mass is 10.1. The van der Waals surface area contributed by atoms with E-state index in [2.05, 4.69) is 35.9 Å². The zero-order valence-electron chi connectivity index (χ0n) is 20.2. The molecule has 4 aromatic rings. The summed E-state index contributed by atoms with van der Waals surface area (Å²) in [5, 5.41) is 8.47. The second-order valence-corrected chi connectivity index (χ2v) is 8.52. The Morgan fingerprint density at radius 2 is 1.85 bits per heavy atom. The molecule has 0 aliphatic carbocycles. The summed E-state index contributed by atoms with van der Waals surface area (Å²) < 4.78 is 40.5. The number of aromatic nitrogens is 6. The summed E-state index contributed by atoms with van der Waals surface area (Å²) >= 11 is 0. The van der Waals surface area contributed by atoms with Gasteiger partial charge in [0.05, 0.1) is 30.0 Å². The van der Waals surface area contributed by atoms with Gasteiger partial charge in [-0.15, -0.1) is 0 Å². The SMILES string of the molecule is Cn1c2c(c(=O)n(Cc3ccccn3)c1=O)[C@@H](NCC(=O)Nc1cccc(-c3cnc(C(F)(F)F)nc3)n1)N2. The summed E-state index contributed by atoms with van der Waals surface area (Å²) in [5.74, 6) is -1.25. The van der Waals surface area contributed by atoms with E-state index >= 15 is 0 Å². The number of carbonyl (C=O) groups excluding carboxylic acids is 1. The van der Waals surface area contributed by atoms with Crippen molar-refractivity contribution in [2.24, 2.45) is 7.05 Å². The number of alkyl halides is 3. The maximum absolute atomic E-state index is 13.1. The first-order valence-electron chi connectivity index (χ1n) is 11.5. The number of pyridine rings is 2. The highest BCUT2D eigenvalue weighted by atomic mass is 19.4. The van der Waals surface area contributed by atoms with Gasteiger partial charge in [0.25, 0.3) is 5.56 Å². The molecule has 3 N–H and O–H groups in total. The van der Waals surface area contributed by atoms with Crippen molar-refractivity contribution in [1.29, 1.82) is 0 Å². The number of anilines is 2. The van der Waals surface area contributed by atoms with Crippen LogP contribution in [0.25, 0.3) is 11.3 Å². The molecule has 4 aromatic heterocycles. The monoisotopic (exact) mass is 539 g/mol. The van der Waals surface area contributed by atoms with Gasteiger partial charge in [0, 0.05) is 31.2 Å². The third-order valence-electron chi connectivity index (χ3n) is 5.88. The standard InChI is InChI=1S/C24H20F3N9O3/c1-35-20-18(21(38)36(23(35)39)12-14-5-2-3-8-28-14)19(34-20)29-11-17(37)33-16-7-4-6-15(32-16)13-9-30-22(31-10-13)24(25,26)27/h2-10,19,29,34H,11-12H2,1H3,(H,32,33,37)/t19-/m0/s1. The van der Waals surface area contributed by atoms with E-state index in [9.17, 15) is 27.6 Å². The lowest BCUT2D eigenvalue weighted by molar-refractivity contribution is -0.145. The molecule has 0 spiro atoms. The van der Waals surface area contributed by atoms with E-state index in [-0.39, 0.29) is 30.2 Å². The number of fused-ring (bicyclic) bond motifs is 1. The Morgan fingerprint density at radius 3 is 2.54 bits per heavy atom. The van der Waals surface area contributed by atoms with Crippen LogP contribution < -0.4 is 27.2 Å². The Labute approximate surface area is 217 Å². The van der Waals surface area contributed by atoms with Crippen LogP contribution in [0.4, 0.5) is 24.8 Å². The van der Waals surface area contributed by atoms with Gasteiger partial charge in [-0.05, 0) is 24.3 Å². The van der Waals surface area contributed by atoms with Crippen molar-refractivity contribution < 1.29 is 18.0 Å². The fraction of sp³-hybridized carbons (Fsp3) is 0.208. The van der Waals surface area contributed by atoms with E-state index in [0.29, 0.717) is 17.1 Å². The maximum Gasteiger partial charge on any atom is 0.451 e. The second kappa shape index (κ2) is 10.1. The van der Waals surface area contributed by atoms with E-state index in [1.807, 2.05) is 0 Å². The molecule has 0 fully saturated rings. The molecule has 5 heterocycles. The Morgan fingerprint density at radius 1 is 1.08 bits per heavy atom. The van der Waals surface area contributed by atoms with Gasteiger partial charge in [0.2, 0.25) is 11.7 Å². The van der Waals surface area contributed by atoms with Crippen molar-refractivity contribution in [3.8, 4) is 11.3 Å². The number of hydrogen-bond donors (Lipinski definition) is 3. The van der Waals surface area contributed by atoms with Gasteiger partial charge in [-0.25, -0.2) is 19.7 Å². The summed E-state index contributed by atoms with van der Waals surface area (Å²) in [5.41, 5.74) is 0.355. The number of amides is 1. The zero-order chi connectivity index (χ0) is 27.7. The summed E-state index contributed by atoms with van der Waals surface area (Å²) in [6, 6.07) is 9.80. The Kier molecular flexibility index (Phi) is 6.66. The highest BCUT2D eigenvalue weighted by Gasteiger charge is 2.35. The average Bonchev–Trinajstić information content (AvgIpc) is 2.90. The molecule has 1 aliphatic rings.